The van der Waals surface area contributed by atoms with Gasteiger partial charge in [-0.3, -0.25) is 4.79 Å². The number of nitrogens with two attached hydrogens (primary N) is 1. The lowest BCUT2D eigenvalue weighted by Crippen LogP contribution is -2.29. The Hall–Kier alpha value is -0.570. The second-order valence-corrected chi connectivity index (χ2v) is 5.11. The zero-order chi connectivity index (χ0) is 10.2. The van der Waals surface area contributed by atoms with Crippen LogP contribution in [0.2, 0.25) is 0 Å². The van der Waals surface area contributed by atoms with E-state index in [1.54, 1.807) is 0 Å². The van der Waals surface area contributed by atoms with Gasteiger partial charge in [-0.1, -0.05) is 20.8 Å². The molecule has 0 spiro atoms. The lowest BCUT2D eigenvalue weighted by atomic mass is 9.79. The maximum atomic E-state index is 10.9. The summed E-state index contributed by atoms with van der Waals surface area (Å²) in [6.07, 6.45) is 0.915. The van der Waals surface area contributed by atoms with Crippen LogP contribution >= 0.6 is 0 Å². The predicted molar refractivity (Wildman–Crippen MR) is 50.9 cm³/mol. The summed E-state index contributed by atoms with van der Waals surface area (Å²) in [5, 5.41) is 9.59. The van der Waals surface area contributed by atoms with Crippen LogP contribution in [0.25, 0.3) is 0 Å². The van der Waals surface area contributed by atoms with E-state index in [0.717, 1.165) is 6.42 Å². The minimum absolute atomic E-state index is 0.158. The number of amides is 1. The zero-order valence-corrected chi connectivity index (χ0v) is 8.58. The van der Waals surface area contributed by atoms with Crippen molar-refractivity contribution in [2.24, 2.45) is 23.0 Å². The van der Waals surface area contributed by atoms with Crippen LogP contribution in [0, 0.1) is 17.3 Å². The highest BCUT2D eigenvalue weighted by atomic mass is 16.3. The number of aliphatic hydroxyl groups excluding tert-OH is 1. The molecule has 0 heterocycles. The highest BCUT2D eigenvalue weighted by Gasteiger charge is 2.41. The molecule has 3 N–H and O–H groups in total. The van der Waals surface area contributed by atoms with Gasteiger partial charge in [-0.2, -0.15) is 0 Å². The molecule has 3 nitrogen and oxygen atoms in total. The van der Waals surface area contributed by atoms with Crippen LogP contribution < -0.4 is 5.73 Å². The van der Waals surface area contributed by atoms with Gasteiger partial charge in [0.1, 0.15) is 0 Å². The fraction of sp³-hybridized carbons (Fsp3) is 0.900. The summed E-state index contributed by atoms with van der Waals surface area (Å²) in [7, 11) is 0. The lowest BCUT2D eigenvalue weighted by Gasteiger charge is -2.26. The van der Waals surface area contributed by atoms with Crippen molar-refractivity contribution >= 4 is 5.91 Å². The average Bonchev–Trinajstić information content (AvgIpc) is 2.29. The van der Waals surface area contributed by atoms with Crippen LogP contribution in [0.5, 0.6) is 0 Å². The maximum absolute atomic E-state index is 10.9. The molecule has 76 valence electrons. The molecule has 1 fully saturated rings. The van der Waals surface area contributed by atoms with Crippen LogP contribution in [-0.2, 0) is 4.79 Å². The number of aliphatic hydroxyl groups is 1. The third kappa shape index (κ3) is 2.21. The van der Waals surface area contributed by atoms with E-state index in [-0.39, 0.29) is 17.2 Å². The Morgan fingerprint density at radius 3 is 2.15 bits per heavy atom. The fourth-order valence-corrected chi connectivity index (χ4v) is 2.03. The first kappa shape index (κ1) is 10.5. The van der Waals surface area contributed by atoms with Crippen molar-refractivity contribution in [3.8, 4) is 0 Å². The number of carbonyl (C=O) groups is 1. The maximum Gasteiger partial charge on any atom is 0.223 e. The standard InChI is InChI=1S/C10H19NO2/c1-10(2,3)6-4-7(9(11)13)8(12)5-6/h6-8,12H,4-5H2,1-3H3,(H2,11,13)/t6-,7-,8-/m0/s1. The van der Waals surface area contributed by atoms with Gasteiger partial charge >= 0.3 is 0 Å². The molecule has 13 heavy (non-hydrogen) atoms. The van der Waals surface area contributed by atoms with Crippen LogP contribution in [-0.4, -0.2) is 17.1 Å². The van der Waals surface area contributed by atoms with E-state index in [4.69, 9.17) is 5.73 Å². The molecular formula is C10H19NO2. The van der Waals surface area contributed by atoms with Crippen molar-refractivity contribution in [1.82, 2.24) is 0 Å². The van der Waals surface area contributed by atoms with Crippen LogP contribution in [0.1, 0.15) is 33.6 Å². The summed E-state index contributed by atoms with van der Waals surface area (Å²) in [5.41, 5.74) is 5.35. The molecule has 0 aromatic heterocycles. The molecule has 0 bridgehead atoms. The molecule has 3 heteroatoms. The SMILES string of the molecule is CC(C)(C)[C@H]1C[C@H](C(N)=O)[C@@H](O)C1. The number of carbonyl (C=O) groups excluding carboxylic acids is 1. The first-order valence-corrected chi connectivity index (χ1v) is 4.79. The van der Waals surface area contributed by atoms with Crippen LogP contribution in [0.3, 0.4) is 0 Å². The van der Waals surface area contributed by atoms with E-state index in [2.05, 4.69) is 20.8 Å². The number of primary amides is 1. The van der Waals surface area contributed by atoms with Gasteiger partial charge in [0.15, 0.2) is 0 Å². The molecule has 0 aliphatic heterocycles. The Kier molecular flexibility index (Phi) is 2.66. The lowest BCUT2D eigenvalue weighted by molar-refractivity contribution is -0.124. The van der Waals surface area contributed by atoms with E-state index < -0.39 is 6.10 Å². The summed E-state index contributed by atoms with van der Waals surface area (Å²) >= 11 is 0. The third-order valence-electron chi connectivity index (χ3n) is 3.12. The van der Waals surface area contributed by atoms with Gasteiger partial charge in [0.25, 0.3) is 0 Å². The largest absolute Gasteiger partial charge is 0.392 e. The fourth-order valence-electron chi connectivity index (χ4n) is 2.03. The molecule has 1 amide bonds. The molecule has 1 aliphatic rings. The van der Waals surface area contributed by atoms with Gasteiger partial charge < -0.3 is 10.8 Å². The van der Waals surface area contributed by atoms with Crippen LogP contribution in [0.15, 0.2) is 0 Å². The monoisotopic (exact) mass is 185 g/mol. The molecule has 3 atom stereocenters. The van der Waals surface area contributed by atoms with Crippen molar-refractivity contribution in [3.63, 3.8) is 0 Å². The van der Waals surface area contributed by atoms with E-state index >= 15 is 0 Å². The van der Waals surface area contributed by atoms with Gasteiger partial charge in [0.2, 0.25) is 5.91 Å². The first-order chi connectivity index (χ1) is 5.82. The van der Waals surface area contributed by atoms with E-state index in [9.17, 15) is 9.90 Å². The van der Waals surface area contributed by atoms with E-state index in [1.165, 1.54) is 0 Å². The zero-order valence-electron chi connectivity index (χ0n) is 8.58. The van der Waals surface area contributed by atoms with E-state index in [0.29, 0.717) is 12.3 Å². The summed E-state index contributed by atoms with van der Waals surface area (Å²) in [5.74, 6) is -0.288. The summed E-state index contributed by atoms with van der Waals surface area (Å²) in [6, 6.07) is 0. The molecule has 1 aliphatic carbocycles. The molecule has 1 saturated carbocycles. The minimum atomic E-state index is -0.526. The molecule has 0 aromatic rings. The molecule has 0 saturated heterocycles. The number of hydrogen-bond donors (Lipinski definition) is 2. The average molecular weight is 185 g/mol. The molecule has 1 rings (SSSR count). The highest BCUT2D eigenvalue weighted by Crippen LogP contribution is 2.41. The van der Waals surface area contributed by atoms with Gasteiger partial charge in [0.05, 0.1) is 12.0 Å². The number of rotatable bonds is 1. The van der Waals surface area contributed by atoms with Crippen LogP contribution in [0.4, 0.5) is 0 Å². The predicted octanol–water partition coefficient (Wildman–Crippen LogP) is 0.905. The van der Waals surface area contributed by atoms with Crippen molar-refractivity contribution in [3.05, 3.63) is 0 Å². The van der Waals surface area contributed by atoms with Gasteiger partial charge in [-0.05, 0) is 24.2 Å². The van der Waals surface area contributed by atoms with Gasteiger partial charge in [-0.15, -0.1) is 0 Å². The minimum Gasteiger partial charge on any atom is -0.392 e. The Balaban J connectivity index is 2.65. The normalized spacial score (nSPS) is 34.9. The first-order valence-electron chi connectivity index (χ1n) is 4.79. The summed E-state index contributed by atoms with van der Waals surface area (Å²) in [4.78, 5) is 10.9. The van der Waals surface area contributed by atoms with Gasteiger partial charge in [-0.25, -0.2) is 0 Å². The Bertz CT molecular complexity index is 207. The topological polar surface area (TPSA) is 63.3 Å². The molecule has 0 aromatic carbocycles. The van der Waals surface area contributed by atoms with Crippen molar-refractivity contribution in [2.45, 2.75) is 39.7 Å². The summed E-state index contributed by atoms with van der Waals surface area (Å²) < 4.78 is 0. The van der Waals surface area contributed by atoms with Crippen molar-refractivity contribution in [2.75, 3.05) is 0 Å². The Morgan fingerprint density at radius 2 is 1.92 bits per heavy atom. The Morgan fingerprint density at radius 1 is 1.38 bits per heavy atom. The summed E-state index contributed by atoms with van der Waals surface area (Å²) in [6.45, 7) is 6.40. The second-order valence-electron chi connectivity index (χ2n) is 5.11. The number of hydrogen-bond acceptors (Lipinski definition) is 2. The quantitative estimate of drug-likeness (QED) is 0.637. The third-order valence-corrected chi connectivity index (χ3v) is 3.12. The van der Waals surface area contributed by atoms with Gasteiger partial charge in [0, 0.05) is 0 Å². The molecular weight excluding hydrogens is 166 g/mol. The smallest absolute Gasteiger partial charge is 0.223 e. The molecule has 0 unspecified atom stereocenters. The molecule has 0 radical (unpaired) electrons. The highest BCUT2D eigenvalue weighted by molar-refractivity contribution is 5.77. The van der Waals surface area contributed by atoms with Crippen molar-refractivity contribution in [1.29, 1.82) is 0 Å². The second kappa shape index (κ2) is 3.29. The van der Waals surface area contributed by atoms with Crippen molar-refractivity contribution < 1.29 is 9.90 Å². The Labute approximate surface area is 79.3 Å². The van der Waals surface area contributed by atoms with E-state index in [1.807, 2.05) is 0 Å².